The molecule has 0 saturated heterocycles. The van der Waals surface area contributed by atoms with Crippen LogP contribution in [0.1, 0.15) is 51.4 Å². The molecular weight excluding hydrogens is 326 g/mol. The van der Waals surface area contributed by atoms with E-state index in [1.807, 2.05) is 21.1 Å². The smallest absolute Gasteiger partial charge is 0.330 e. The van der Waals surface area contributed by atoms with Crippen LogP contribution in [0.2, 0.25) is 0 Å². The summed E-state index contributed by atoms with van der Waals surface area (Å²) in [7, 11) is 5.67. The third-order valence-electron chi connectivity index (χ3n) is 3.44. The largest absolute Gasteiger partial charge is 0.550 e. The van der Waals surface area contributed by atoms with Crippen LogP contribution in [0.5, 0.6) is 0 Å². The number of nitrogens with zero attached hydrogens (tertiary/aromatic N) is 1. The van der Waals surface area contributed by atoms with Gasteiger partial charge >= 0.3 is 11.9 Å². The molecule has 0 aromatic carbocycles. The normalized spacial score (nSPS) is 12.9. The molecule has 0 radical (unpaired) electrons. The Hall–Kier alpha value is -1.89. The summed E-state index contributed by atoms with van der Waals surface area (Å²) in [6.07, 6.45) is 7.44. The van der Waals surface area contributed by atoms with Gasteiger partial charge in [-0.15, -0.1) is 0 Å². The fraction of sp³-hybridized carbons (Fsp3) is 0.722. The summed E-state index contributed by atoms with van der Waals surface area (Å²) in [6.45, 7) is 0.393. The van der Waals surface area contributed by atoms with Gasteiger partial charge in [0.2, 0.25) is 0 Å². The fourth-order valence-electron chi connectivity index (χ4n) is 2.39. The number of carbonyl (C=O) groups is 3. The second-order valence-electron chi connectivity index (χ2n) is 7.21. The maximum Gasteiger partial charge on any atom is 0.330 e. The summed E-state index contributed by atoms with van der Waals surface area (Å²) in [6, 6.07) is 0. The van der Waals surface area contributed by atoms with Crippen LogP contribution < -0.4 is 5.11 Å². The number of carboxylic acids is 2. The number of aliphatic carboxylic acids is 2. The number of hydrogen-bond donors (Lipinski definition) is 1. The first kappa shape index (κ1) is 23.1. The number of carbonyl (C=O) groups excluding carboxylic acids is 2. The molecule has 0 aromatic heterocycles. The Balaban J connectivity index is 3.98. The van der Waals surface area contributed by atoms with Crippen molar-refractivity contribution in [1.82, 2.24) is 0 Å². The molecule has 0 bridgehead atoms. The molecule has 0 fully saturated rings. The monoisotopic (exact) mass is 357 g/mol. The summed E-state index contributed by atoms with van der Waals surface area (Å²) < 4.78 is 5.68. The van der Waals surface area contributed by atoms with E-state index in [1.54, 1.807) is 6.08 Å². The van der Waals surface area contributed by atoms with Gasteiger partial charge in [-0.05, 0) is 19.3 Å². The lowest BCUT2D eigenvalue weighted by atomic mass is 10.1. The van der Waals surface area contributed by atoms with Crippen LogP contribution in [-0.4, -0.2) is 61.3 Å². The second-order valence-corrected chi connectivity index (χ2v) is 7.21. The lowest BCUT2D eigenvalue weighted by Gasteiger charge is -2.29. The first-order valence-electron chi connectivity index (χ1n) is 8.69. The van der Waals surface area contributed by atoms with E-state index in [2.05, 4.69) is 0 Å². The van der Waals surface area contributed by atoms with Gasteiger partial charge in [0.15, 0.2) is 6.10 Å². The molecule has 25 heavy (non-hydrogen) atoms. The van der Waals surface area contributed by atoms with Gasteiger partial charge in [0.25, 0.3) is 0 Å². The number of ether oxygens (including phenoxy) is 1. The minimum atomic E-state index is -1.24. The minimum absolute atomic E-state index is 0.214. The molecule has 0 saturated carbocycles. The number of carboxylic acid groups (broad SMARTS) is 2. The second kappa shape index (κ2) is 12.5. The van der Waals surface area contributed by atoms with E-state index >= 15 is 0 Å². The van der Waals surface area contributed by atoms with Crippen molar-refractivity contribution in [2.24, 2.45) is 0 Å². The molecule has 1 atom stereocenters. The van der Waals surface area contributed by atoms with E-state index in [1.165, 1.54) is 6.08 Å². The third-order valence-corrected chi connectivity index (χ3v) is 3.44. The predicted octanol–water partition coefficient (Wildman–Crippen LogP) is 1.12. The van der Waals surface area contributed by atoms with Gasteiger partial charge in [0.05, 0.1) is 21.1 Å². The van der Waals surface area contributed by atoms with Crippen LogP contribution in [0.4, 0.5) is 0 Å². The first-order chi connectivity index (χ1) is 11.6. The van der Waals surface area contributed by atoms with E-state index in [4.69, 9.17) is 9.84 Å². The molecular formula is C18H31NO6. The Labute approximate surface area is 149 Å². The van der Waals surface area contributed by atoms with Crippen molar-refractivity contribution in [3.8, 4) is 0 Å². The maximum absolute atomic E-state index is 11.8. The minimum Gasteiger partial charge on any atom is -0.550 e. The molecule has 0 heterocycles. The van der Waals surface area contributed by atoms with Crippen molar-refractivity contribution < 1.29 is 33.8 Å². The highest BCUT2D eigenvalue weighted by Gasteiger charge is 2.21. The summed E-state index contributed by atoms with van der Waals surface area (Å²) in [5.74, 6) is -2.54. The van der Waals surface area contributed by atoms with Crippen LogP contribution >= 0.6 is 0 Å². The number of hydrogen-bond acceptors (Lipinski definition) is 5. The lowest BCUT2D eigenvalue weighted by Crippen LogP contribution is -2.45. The number of allylic oxidation sites excluding steroid dienone is 1. The van der Waals surface area contributed by atoms with Gasteiger partial charge in [0.1, 0.15) is 6.54 Å². The van der Waals surface area contributed by atoms with Crippen LogP contribution in [0.15, 0.2) is 12.2 Å². The van der Waals surface area contributed by atoms with Crippen LogP contribution in [-0.2, 0) is 19.1 Å². The fourth-order valence-corrected chi connectivity index (χ4v) is 2.39. The van der Waals surface area contributed by atoms with Crippen molar-refractivity contribution in [2.45, 2.75) is 57.5 Å². The van der Waals surface area contributed by atoms with Gasteiger partial charge in [0, 0.05) is 24.9 Å². The van der Waals surface area contributed by atoms with Gasteiger partial charge in [-0.25, -0.2) is 4.79 Å². The van der Waals surface area contributed by atoms with Gasteiger partial charge in [-0.1, -0.05) is 25.3 Å². The Kier molecular flexibility index (Phi) is 11.5. The average molecular weight is 357 g/mol. The van der Waals surface area contributed by atoms with Crippen molar-refractivity contribution in [2.75, 3.05) is 27.7 Å². The summed E-state index contributed by atoms with van der Waals surface area (Å²) in [4.78, 5) is 32.9. The number of likely N-dealkylation sites (N-methyl/N-ethyl adjacent to an activating group) is 1. The van der Waals surface area contributed by atoms with Crippen LogP contribution in [0.3, 0.4) is 0 Å². The first-order valence-corrected chi connectivity index (χ1v) is 8.69. The van der Waals surface area contributed by atoms with Gasteiger partial charge < -0.3 is 24.2 Å². The third kappa shape index (κ3) is 16.7. The van der Waals surface area contributed by atoms with Crippen LogP contribution in [0.25, 0.3) is 0 Å². The molecule has 7 heteroatoms. The van der Waals surface area contributed by atoms with E-state index in [0.717, 1.165) is 32.1 Å². The summed E-state index contributed by atoms with van der Waals surface area (Å²) >= 11 is 0. The summed E-state index contributed by atoms with van der Waals surface area (Å²) in [5.41, 5.74) is 0. The van der Waals surface area contributed by atoms with Crippen LogP contribution in [0, 0.1) is 0 Å². The zero-order valence-electron chi connectivity index (χ0n) is 15.5. The molecule has 0 aromatic rings. The van der Waals surface area contributed by atoms with E-state index < -0.39 is 24.0 Å². The molecule has 0 aliphatic carbocycles. The predicted molar refractivity (Wildman–Crippen MR) is 91.5 cm³/mol. The molecule has 1 unspecified atom stereocenters. The quantitative estimate of drug-likeness (QED) is 0.216. The van der Waals surface area contributed by atoms with Crippen molar-refractivity contribution >= 4 is 17.9 Å². The van der Waals surface area contributed by atoms with E-state index in [0.29, 0.717) is 17.4 Å². The lowest BCUT2D eigenvalue weighted by molar-refractivity contribution is -0.873. The molecule has 144 valence electrons. The number of rotatable bonds is 14. The molecule has 0 rings (SSSR count). The van der Waals surface area contributed by atoms with Crippen molar-refractivity contribution in [3.63, 3.8) is 0 Å². The molecule has 0 spiro atoms. The average Bonchev–Trinajstić information content (AvgIpc) is 2.42. The SMILES string of the molecule is C[N+](C)(C)CC(CC(=O)[O-])OC(=O)/C=C/CCCCCCCC(=O)O. The highest BCUT2D eigenvalue weighted by atomic mass is 16.5. The Morgan fingerprint density at radius 3 is 2.24 bits per heavy atom. The standard InChI is InChI=1S/C18H31NO6/c1-19(2,3)14-15(13-17(22)23)25-18(24)12-10-8-6-4-5-7-9-11-16(20)21/h10,12,15H,4-9,11,13-14H2,1-3H3,(H-,20,21,22,23)/b12-10+. The Bertz CT molecular complexity index is 453. The molecule has 0 amide bonds. The number of quaternary nitrogens is 1. The topological polar surface area (TPSA) is 104 Å². The van der Waals surface area contributed by atoms with Gasteiger partial charge in [-0.3, -0.25) is 4.79 Å². The highest BCUT2D eigenvalue weighted by molar-refractivity contribution is 5.82. The van der Waals surface area contributed by atoms with E-state index in [9.17, 15) is 19.5 Å². The highest BCUT2D eigenvalue weighted by Crippen LogP contribution is 2.08. The molecule has 1 N–H and O–H groups in total. The number of esters is 1. The van der Waals surface area contributed by atoms with E-state index in [-0.39, 0.29) is 12.8 Å². The number of unbranched alkanes of at least 4 members (excludes halogenated alkanes) is 5. The molecule has 0 aliphatic rings. The maximum atomic E-state index is 11.8. The molecule has 0 aliphatic heterocycles. The summed E-state index contributed by atoms with van der Waals surface area (Å²) in [5, 5.41) is 19.3. The Morgan fingerprint density at radius 1 is 1.08 bits per heavy atom. The Morgan fingerprint density at radius 2 is 1.68 bits per heavy atom. The zero-order chi connectivity index (χ0) is 19.3. The van der Waals surface area contributed by atoms with Gasteiger partial charge in [-0.2, -0.15) is 0 Å². The molecule has 7 nitrogen and oxygen atoms in total. The van der Waals surface area contributed by atoms with Crippen molar-refractivity contribution in [3.05, 3.63) is 12.2 Å². The van der Waals surface area contributed by atoms with Crippen molar-refractivity contribution in [1.29, 1.82) is 0 Å². The zero-order valence-corrected chi connectivity index (χ0v) is 15.5.